The molecule has 1 aliphatic rings. The Morgan fingerprint density at radius 1 is 1.07 bits per heavy atom. The van der Waals surface area contributed by atoms with Gasteiger partial charge in [-0.3, -0.25) is 9.59 Å². The van der Waals surface area contributed by atoms with Crippen LogP contribution in [0, 0.1) is 5.92 Å². The number of aliphatic hydroxyl groups is 1. The first-order valence-electron chi connectivity index (χ1n) is 10.2. The van der Waals surface area contributed by atoms with E-state index in [1.807, 2.05) is 30.3 Å². The normalized spacial score (nSPS) is 16.4. The Kier molecular flexibility index (Phi) is 8.14. The Bertz CT molecular complexity index is 876. The summed E-state index contributed by atoms with van der Waals surface area (Å²) in [5.74, 6) is -0.427. The molecule has 1 fully saturated rings. The van der Waals surface area contributed by atoms with E-state index in [4.69, 9.17) is 23.2 Å². The Labute approximate surface area is 187 Å². The highest BCUT2D eigenvalue weighted by atomic mass is 35.5. The first kappa shape index (κ1) is 22.6. The van der Waals surface area contributed by atoms with Crippen LogP contribution in [0.2, 0.25) is 10.0 Å². The second-order valence-electron chi connectivity index (χ2n) is 7.50. The summed E-state index contributed by atoms with van der Waals surface area (Å²) < 4.78 is 0. The van der Waals surface area contributed by atoms with Crippen molar-refractivity contribution in [3.8, 4) is 0 Å². The first-order chi connectivity index (χ1) is 14.5. The molecule has 1 aliphatic heterocycles. The zero-order chi connectivity index (χ0) is 21.5. The Hall–Kier alpha value is -2.08. The molecule has 0 aromatic heterocycles. The maximum Gasteiger partial charge on any atom is 0.253 e. The fourth-order valence-corrected chi connectivity index (χ4v) is 4.09. The molecule has 0 spiro atoms. The van der Waals surface area contributed by atoms with Gasteiger partial charge >= 0.3 is 0 Å². The molecule has 160 valence electrons. The highest BCUT2D eigenvalue weighted by Gasteiger charge is 2.31. The van der Waals surface area contributed by atoms with Gasteiger partial charge in [-0.1, -0.05) is 53.5 Å². The van der Waals surface area contributed by atoms with Crippen molar-refractivity contribution in [2.45, 2.75) is 19.3 Å². The third-order valence-electron chi connectivity index (χ3n) is 5.42. The maximum atomic E-state index is 13.2. The number of nitrogens with zero attached hydrogens (tertiary/aromatic N) is 2. The predicted molar refractivity (Wildman–Crippen MR) is 119 cm³/mol. The standard InChI is InChI=1S/C23H26Cl2N2O3/c24-20-9-8-18(15-21(20)25)22(29)27-11-4-7-19(16-27)23(30)26(13-14-28)12-10-17-5-2-1-3-6-17/h1-3,5-6,8-9,15,19,28H,4,7,10-14,16H2. The fourth-order valence-electron chi connectivity index (χ4n) is 3.79. The van der Waals surface area contributed by atoms with Crippen molar-refractivity contribution in [3.05, 3.63) is 69.7 Å². The molecule has 0 aliphatic carbocycles. The minimum atomic E-state index is -0.271. The molecule has 1 heterocycles. The van der Waals surface area contributed by atoms with Crippen LogP contribution in [0.15, 0.2) is 48.5 Å². The predicted octanol–water partition coefficient (Wildman–Crippen LogP) is 3.91. The second kappa shape index (κ2) is 10.8. The molecule has 0 saturated carbocycles. The molecular formula is C23H26Cl2N2O3. The van der Waals surface area contributed by atoms with Crippen LogP contribution in [0.4, 0.5) is 0 Å². The molecule has 0 bridgehead atoms. The van der Waals surface area contributed by atoms with E-state index in [2.05, 4.69) is 0 Å². The zero-order valence-electron chi connectivity index (χ0n) is 16.8. The summed E-state index contributed by atoms with van der Waals surface area (Å²) in [7, 11) is 0. The van der Waals surface area contributed by atoms with Crippen LogP contribution >= 0.6 is 23.2 Å². The van der Waals surface area contributed by atoms with Crippen molar-refractivity contribution in [2.75, 3.05) is 32.8 Å². The number of carbonyl (C=O) groups is 2. The van der Waals surface area contributed by atoms with E-state index < -0.39 is 0 Å². The molecule has 3 rings (SSSR count). The van der Waals surface area contributed by atoms with Crippen molar-refractivity contribution >= 4 is 35.0 Å². The number of halogens is 2. The number of hydrogen-bond donors (Lipinski definition) is 1. The van der Waals surface area contributed by atoms with Gasteiger partial charge in [0.1, 0.15) is 0 Å². The van der Waals surface area contributed by atoms with Crippen LogP contribution in [-0.4, -0.2) is 59.5 Å². The summed E-state index contributed by atoms with van der Waals surface area (Å²) >= 11 is 12.0. The van der Waals surface area contributed by atoms with Gasteiger partial charge in [0.05, 0.1) is 22.6 Å². The van der Waals surface area contributed by atoms with Gasteiger partial charge < -0.3 is 14.9 Å². The fraction of sp³-hybridized carbons (Fsp3) is 0.391. The van der Waals surface area contributed by atoms with Gasteiger partial charge in [0.2, 0.25) is 5.91 Å². The number of likely N-dealkylation sites (tertiary alicyclic amines) is 1. The van der Waals surface area contributed by atoms with Gasteiger partial charge in [-0.15, -0.1) is 0 Å². The summed E-state index contributed by atoms with van der Waals surface area (Å²) in [6, 6.07) is 14.8. The van der Waals surface area contributed by atoms with E-state index >= 15 is 0 Å². The summed E-state index contributed by atoms with van der Waals surface area (Å²) in [6.07, 6.45) is 2.22. The van der Waals surface area contributed by atoms with E-state index in [0.717, 1.165) is 24.8 Å². The molecule has 2 amide bonds. The molecule has 30 heavy (non-hydrogen) atoms. The van der Waals surface area contributed by atoms with E-state index in [0.29, 0.717) is 41.8 Å². The lowest BCUT2D eigenvalue weighted by Crippen LogP contribution is -2.47. The number of benzene rings is 2. The first-order valence-corrected chi connectivity index (χ1v) is 10.9. The maximum absolute atomic E-state index is 13.2. The van der Waals surface area contributed by atoms with Crippen molar-refractivity contribution < 1.29 is 14.7 Å². The highest BCUT2D eigenvalue weighted by molar-refractivity contribution is 6.42. The molecule has 0 radical (unpaired) electrons. The quantitative estimate of drug-likeness (QED) is 0.698. The summed E-state index contributed by atoms with van der Waals surface area (Å²) in [5, 5.41) is 10.2. The van der Waals surface area contributed by atoms with Crippen LogP contribution in [0.25, 0.3) is 0 Å². The average molecular weight is 449 g/mol. The lowest BCUT2D eigenvalue weighted by molar-refractivity contribution is -0.137. The number of rotatable bonds is 7. The van der Waals surface area contributed by atoms with Gasteiger partial charge in [-0.2, -0.15) is 0 Å². The number of hydrogen-bond acceptors (Lipinski definition) is 3. The minimum Gasteiger partial charge on any atom is -0.395 e. The van der Waals surface area contributed by atoms with Crippen LogP contribution in [0.3, 0.4) is 0 Å². The van der Waals surface area contributed by atoms with Gasteiger partial charge in [0, 0.05) is 31.7 Å². The third kappa shape index (κ3) is 5.75. The van der Waals surface area contributed by atoms with Gasteiger partial charge in [-0.05, 0) is 43.0 Å². The Morgan fingerprint density at radius 2 is 1.83 bits per heavy atom. The largest absolute Gasteiger partial charge is 0.395 e. The molecule has 1 N–H and O–H groups in total. The van der Waals surface area contributed by atoms with Gasteiger partial charge in [0.25, 0.3) is 5.91 Å². The van der Waals surface area contributed by atoms with Crippen molar-refractivity contribution in [1.82, 2.24) is 9.80 Å². The number of piperidine rings is 1. The van der Waals surface area contributed by atoms with E-state index in [9.17, 15) is 14.7 Å². The SMILES string of the molecule is O=C(c1ccc(Cl)c(Cl)c1)N1CCCC(C(=O)N(CCO)CCc2ccccc2)C1. The average Bonchev–Trinajstić information content (AvgIpc) is 2.78. The summed E-state index contributed by atoms with van der Waals surface area (Å²) in [5.41, 5.74) is 1.61. The lowest BCUT2D eigenvalue weighted by atomic mass is 9.95. The van der Waals surface area contributed by atoms with E-state index in [1.165, 1.54) is 0 Å². The van der Waals surface area contributed by atoms with Crippen LogP contribution in [-0.2, 0) is 11.2 Å². The molecule has 2 aromatic carbocycles. The Balaban J connectivity index is 1.65. The van der Waals surface area contributed by atoms with E-state index in [-0.39, 0.29) is 24.3 Å². The number of aliphatic hydroxyl groups excluding tert-OH is 1. The van der Waals surface area contributed by atoms with Crippen LogP contribution in [0.1, 0.15) is 28.8 Å². The summed E-state index contributed by atoms with van der Waals surface area (Å²) in [4.78, 5) is 29.5. The van der Waals surface area contributed by atoms with Crippen molar-refractivity contribution in [2.24, 2.45) is 5.92 Å². The Morgan fingerprint density at radius 3 is 2.53 bits per heavy atom. The number of carbonyl (C=O) groups excluding carboxylic acids is 2. The minimum absolute atomic E-state index is 0.00776. The number of amides is 2. The highest BCUT2D eigenvalue weighted by Crippen LogP contribution is 2.25. The van der Waals surface area contributed by atoms with Crippen LogP contribution in [0.5, 0.6) is 0 Å². The van der Waals surface area contributed by atoms with E-state index in [1.54, 1.807) is 28.0 Å². The second-order valence-corrected chi connectivity index (χ2v) is 8.32. The molecule has 1 atom stereocenters. The summed E-state index contributed by atoms with van der Waals surface area (Å²) in [6.45, 7) is 1.72. The topological polar surface area (TPSA) is 60.9 Å². The van der Waals surface area contributed by atoms with Crippen molar-refractivity contribution in [1.29, 1.82) is 0 Å². The molecular weight excluding hydrogens is 423 g/mol. The monoisotopic (exact) mass is 448 g/mol. The van der Waals surface area contributed by atoms with Crippen molar-refractivity contribution in [3.63, 3.8) is 0 Å². The molecule has 7 heteroatoms. The molecule has 5 nitrogen and oxygen atoms in total. The third-order valence-corrected chi connectivity index (χ3v) is 6.16. The van der Waals surface area contributed by atoms with Gasteiger partial charge in [-0.25, -0.2) is 0 Å². The molecule has 2 aromatic rings. The molecule has 1 unspecified atom stereocenters. The lowest BCUT2D eigenvalue weighted by Gasteiger charge is -2.35. The zero-order valence-corrected chi connectivity index (χ0v) is 18.3. The smallest absolute Gasteiger partial charge is 0.253 e. The molecule has 1 saturated heterocycles. The van der Waals surface area contributed by atoms with Gasteiger partial charge in [0.15, 0.2) is 0 Å². The van der Waals surface area contributed by atoms with Crippen LogP contribution < -0.4 is 0 Å².